The molecule has 10 aromatic rings. The Hall–Kier alpha value is -6.83. The average Bonchev–Trinajstić information content (AvgIpc) is 3.78. The van der Waals surface area contributed by atoms with Crippen LogP contribution in [-0.4, -0.2) is 14.5 Å². The highest BCUT2D eigenvalue weighted by molar-refractivity contribution is 7.24. The molecule has 0 N–H and O–H groups in total. The molecule has 0 amide bonds. The molecule has 0 bridgehead atoms. The molecule has 5 aromatic carbocycles. The van der Waals surface area contributed by atoms with Gasteiger partial charge in [-0.2, -0.15) is 0 Å². The van der Waals surface area contributed by atoms with E-state index < -0.39 is 0 Å². The molecule has 6 nitrogen and oxygen atoms in total. The molecule has 0 saturated carbocycles. The largest absolute Gasteiger partial charge is 0.428 e. The van der Waals surface area contributed by atoms with Crippen molar-refractivity contribution in [1.29, 1.82) is 0 Å². The minimum Gasteiger partial charge on any atom is -0.309 e. The second-order valence-corrected chi connectivity index (χ2v) is 13.7. The Morgan fingerprint density at radius 1 is 0.462 bits per heavy atom. The Morgan fingerprint density at radius 2 is 1.06 bits per heavy atom. The SMILES string of the molecule is c1ccc(-c2sc3c(ccc4c3c3ccccc3n4-c3cccc(-[n+]4c[n+](-c5ccncc5)c[n+](-c5ccncc5)c4)c3)c2-c2ccccc2)cc1. The quantitative estimate of drug-likeness (QED) is 0.164. The number of para-hydroxylation sites is 1. The lowest BCUT2D eigenvalue weighted by Crippen LogP contribution is -2.55. The van der Waals surface area contributed by atoms with Crippen molar-refractivity contribution in [1.82, 2.24) is 14.5 Å². The van der Waals surface area contributed by atoms with Gasteiger partial charge in [0.15, 0.2) is 0 Å². The number of pyridine rings is 2. The van der Waals surface area contributed by atoms with E-state index in [1.165, 1.54) is 53.5 Å². The van der Waals surface area contributed by atoms with Crippen molar-refractivity contribution in [3.05, 3.63) is 189 Å². The highest BCUT2D eigenvalue weighted by Gasteiger charge is 2.26. The van der Waals surface area contributed by atoms with Crippen LogP contribution < -0.4 is 13.7 Å². The minimum atomic E-state index is 1.01. The second-order valence-electron chi connectivity index (χ2n) is 12.7. The first-order chi connectivity index (χ1) is 25.8. The van der Waals surface area contributed by atoms with Crippen LogP contribution in [0, 0.1) is 0 Å². The van der Waals surface area contributed by atoms with Gasteiger partial charge in [-0.1, -0.05) is 105 Å². The van der Waals surface area contributed by atoms with Crippen molar-refractivity contribution in [2.75, 3.05) is 0 Å². The number of hydrogen-bond donors (Lipinski definition) is 0. The summed E-state index contributed by atoms with van der Waals surface area (Å²) in [5.74, 6) is 0. The maximum atomic E-state index is 4.24. The van der Waals surface area contributed by atoms with Crippen molar-refractivity contribution in [2.24, 2.45) is 0 Å². The third kappa shape index (κ3) is 5.06. The minimum absolute atomic E-state index is 1.01. The number of nitrogens with zero attached hydrogens (tertiary/aromatic N) is 6. The molecule has 0 fully saturated rings. The van der Waals surface area contributed by atoms with E-state index in [-0.39, 0.29) is 0 Å². The van der Waals surface area contributed by atoms with Crippen molar-refractivity contribution in [2.45, 2.75) is 0 Å². The lowest BCUT2D eigenvalue weighted by atomic mass is 9.98. The van der Waals surface area contributed by atoms with Crippen molar-refractivity contribution in [3.63, 3.8) is 0 Å². The summed E-state index contributed by atoms with van der Waals surface area (Å²) in [4.78, 5) is 9.77. The zero-order valence-electron chi connectivity index (χ0n) is 28.0. The Kier molecular flexibility index (Phi) is 7.22. The summed E-state index contributed by atoms with van der Waals surface area (Å²) in [6.45, 7) is 0. The highest BCUT2D eigenvalue weighted by atomic mass is 32.1. The van der Waals surface area contributed by atoms with E-state index in [0.29, 0.717) is 0 Å². The van der Waals surface area contributed by atoms with Crippen LogP contribution in [0.2, 0.25) is 0 Å². The van der Waals surface area contributed by atoms with Crippen molar-refractivity contribution < 1.29 is 13.7 Å². The van der Waals surface area contributed by atoms with Gasteiger partial charge in [0.25, 0.3) is 0 Å². The standard InChI is InChI=1S/C45H31N6S/c1-3-10-32(11-4-1)42-39-18-19-41-43(45(39)52-44(42)33-12-5-2-6-13-33)38-16-7-8-17-40(38)51(41)37-15-9-14-36(28-37)50-30-48(34-20-24-46-25-21-34)29-49(31-50)35-22-26-47-27-23-35/h1-31H/q+3. The van der Waals surface area contributed by atoms with E-state index in [2.05, 4.69) is 169 Å². The van der Waals surface area contributed by atoms with E-state index in [4.69, 9.17) is 0 Å². The first kappa shape index (κ1) is 30.0. The third-order valence-electron chi connectivity index (χ3n) is 9.64. The second kappa shape index (κ2) is 12.5. The van der Waals surface area contributed by atoms with Gasteiger partial charge in [-0.3, -0.25) is 9.97 Å². The first-order valence-corrected chi connectivity index (χ1v) is 18.0. The molecule has 0 spiro atoms. The predicted molar refractivity (Wildman–Crippen MR) is 207 cm³/mol. The van der Waals surface area contributed by atoms with Gasteiger partial charge in [-0.15, -0.1) is 11.3 Å². The Balaban J connectivity index is 1.20. The number of hydrogen-bond acceptors (Lipinski definition) is 3. The van der Waals surface area contributed by atoms with Crippen LogP contribution in [0.3, 0.4) is 0 Å². The normalized spacial score (nSPS) is 11.5. The van der Waals surface area contributed by atoms with Crippen LogP contribution >= 0.6 is 11.3 Å². The summed E-state index contributed by atoms with van der Waals surface area (Å²) < 4.78 is 10.1. The predicted octanol–water partition coefficient (Wildman–Crippen LogP) is 8.95. The molecule has 0 aliphatic heterocycles. The molecule has 0 radical (unpaired) electrons. The molecule has 7 heteroatoms. The van der Waals surface area contributed by atoms with Crippen LogP contribution in [0.4, 0.5) is 0 Å². The third-order valence-corrected chi connectivity index (χ3v) is 10.9. The van der Waals surface area contributed by atoms with Crippen LogP contribution in [0.25, 0.3) is 76.2 Å². The number of fused-ring (bicyclic) bond motifs is 5. The smallest absolute Gasteiger partial charge is 0.309 e. The van der Waals surface area contributed by atoms with E-state index in [1.54, 1.807) is 0 Å². The zero-order valence-corrected chi connectivity index (χ0v) is 28.8. The maximum Gasteiger partial charge on any atom is 0.428 e. The van der Waals surface area contributed by atoms with Gasteiger partial charge < -0.3 is 4.57 Å². The van der Waals surface area contributed by atoms with Gasteiger partial charge in [-0.25, -0.2) is 0 Å². The molecule has 0 atom stereocenters. The summed E-state index contributed by atoms with van der Waals surface area (Å²) in [6.07, 6.45) is 13.5. The van der Waals surface area contributed by atoms with Gasteiger partial charge in [0, 0.05) is 92.5 Å². The molecule has 0 aliphatic carbocycles. The summed E-state index contributed by atoms with van der Waals surface area (Å²) in [5, 5.41) is 3.80. The van der Waals surface area contributed by atoms with Crippen LogP contribution in [-0.2, 0) is 0 Å². The zero-order chi connectivity index (χ0) is 34.4. The van der Waals surface area contributed by atoms with Crippen molar-refractivity contribution >= 4 is 43.2 Å². The first-order valence-electron chi connectivity index (χ1n) is 17.2. The molecule has 52 heavy (non-hydrogen) atoms. The molecule has 0 unspecified atom stereocenters. The van der Waals surface area contributed by atoms with Gasteiger partial charge in [0.1, 0.15) is 0 Å². The number of aromatic nitrogens is 6. The number of thiophene rings is 1. The van der Waals surface area contributed by atoms with Crippen LogP contribution in [0.5, 0.6) is 0 Å². The summed E-state index contributed by atoms with van der Waals surface area (Å²) >= 11 is 1.89. The lowest BCUT2D eigenvalue weighted by molar-refractivity contribution is -0.858. The molecular formula is C45H31N6S+3. The summed E-state index contributed by atoms with van der Waals surface area (Å²) in [6, 6.07) is 51.8. The van der Waals surface area contributed by atoms with Gasteiger partial charge in [0.05, 0.1) is 16.7 Å². The van der Waals surface area contributed by atoms with E-state index in [9.17, 15) is 0 Å². The fourth-order valence-corrected chi connectivity index (χ4v) is 8.67. The topological polar surface area (TPSA) is 42.3 Å². The Morgan fingerprint density at radius 3 is 1.73 bits per heavy atom. The molecule has 5 aromatic heterocycles. The molecule has 10 rings (SSSR count). The fraction of sp³-hybridized carbons (Fsp3) is 0. The summed E-state index contributed by atoms with van der Waals surface area (Å²) in [5.41, 5.74) is 10.3. The highest BCUT2D eigenvalue weighted by Crippen LogP contribution is 2.49. The van der Waals surface area contributed by atoms with Gasteiger partial charge in [0.2, 0.25) is 17.1 Å². The monoisotopic (exact) mass is 687 g/mol. The lowest BCUT2D eigenvalue weighted by Gasteiger charge is -2.08. The van der Waals surface area contributed by atoms with Gasteiger partial charge in [-0.05, 0) is 29.3 Å². The molecule has 0 saturated heterocycles. The number of benzene rings is 5. The molecule has 5 heterocycles. The van der Waals surface area contributed by atoms with Gasteiger partial charge >= 0.3 is 19.0 Å². The maximum absolute atomic E-state index is 4.24. The fourth-order valence-electron chi connectivity index (χ4n) is 7.29. The van der Waals surface area contributed by atoms with Crippen LogP contribution in [0.15, 0.2) is 189 Å². The Labute approximate surface area is 304 Å². The molecular weight excluding hydrogens is 657 g/mol. The summed E-state index contributed by atoms with van der Waals surface area (Å²) in [7, 11) is 0. The van der Waals surface area contributed by atoms with Crippen LogP contribution in [0.1, 0.15) is 0 Å². The Bertz CT molecular complexity index is 2830. The van der Waals surface area contributed by atoms with Crippen molar-refractivity contribution in [3.8, 4) is 44.3 Å². The number of rotatable bonds is 6. The van der Waals surface area contributed by atoms with E-state index in [1.807, 2.05) is 60.4 Å². The van der Waals surface area contributed by atoms with E-state index >= 15 is 0 Å². The molecule has 0 aliphatic rings. The van der Waals surface area contributed by atoms with E-state index in [0.717, 1.165) is 22.7 Å². The average molecular weight is 688 g/mol. The molecule has 244 valence electrons.